The van der Waals surface area contributed by atoms with Crippen molar-refractivity contribution in [2.24, 2.45) is 0 Å². The van der Waals surface area contributed by atoms with E-state index in [1.807, 2.05) is 19.2 Å². The quantitative estimate of drug-likeness (QED) is 0.778. The van der Waals surface area contributed by atoms with E-state index in [9.17, 15) is 0 Å². The summed E-state index contributed by atoms with van der Waals surface area (Å²) in [7, 11) is 2.00. The Morgan fingerprint density at radius 1 is 1.19 bits per heavy atom. The summed E-state index contributed by atoms with van der Waals surface area (Å²) in [5.74, 6) is 0. The normalized spacial score (nSPS) is 13.9. The predicted molar refractivity (Wildman–Crippen MR) is 92.2 cm³/mol. The molecular weight excluding hydrogens is 300 g/mol. The Balaban J connectivity index is 2.09. The summed E-state index contributed by atoms with van der Waals surface area (Å²) in [6, 6.07) is 13.0. The third-order valence-corrected chi connectivity index (χ3v) is 4.88. The highest BCUT2D eigenvalue weighted by Crippen LogP contribution is 2.31. The summed E-state index contributed by atoms with van der Waals surface area (Å²) in [5.41, 5.74) is 2.68. The Morgan fingerprint density at radius 2 is 1.90 bits per heavy atom. The predicted octanol–water partition coefficient (Wildman–Crippen LogP) is 4.74. The van der Waals surface area contributed by atoms with E-state index >= 15 is 0 Å². The fourth-order valence-electron chi connectivity index (χ4n) is 2.32. The zero-order valence-corrected chi connectivity index (χ0v) is 14.2. The molecule has 0 bridgehead atoms. The molecule has 0 saturated heterocycles. The molecular formula is C17H21ClN2S. The lowest BCUT2D eigenvalue weighted by Gasteiger charge is -2.23. The van der Waals surface area contributed by atoms with Crippen molar-refractivity contribution in [2.45, 2.75) is 36.6 Å². The number of rotatable bonds is 6. The largest absolute Gasteiger partial charge is 0.312 e. The van der Waals surface area contributed by atoms with Crippen molar-refractivity contribution >= 4 is 23.4 Å². The van der Waals surface area contributed by atoms with Crippen LogP contribution in [0.3, 0.4) is 0 Å². The lowest BCUT2D eigenvalue weighted by molar-refractivity contribution is 0.588. The number of hydrogen-bond donors (Lipinski definition) is 1. The average molecular weight is 321 g/mol. The number of nitrogens with zero attached hydrogens (tertiary/aromatic N) is 1. The molecule has 4 heteroatoms. The summed E-state index contributed by atoms with van der Waals surface area (Å²) < 4.78 is 0. The Kier molecular flexibility index (Phi) is 6.09. The number of thioether (sulfide) groups is 1. The summed E-state index contributed by atoms with van der Waals surface area (Å²) in [5, 5.41) is 5.45. The Labute approximate surface area is 136 Å². The number of halogens is 1. The number of benzene rings is 1. The highest BCUT2D eigenvalue weighted by atomic mass is 35.5. The summed E-state index contributed by atoms with van der Waals surface area (Å²) in [6.45, 7) is 4.39. The fourth-order valence-corrected chi connectivity index (χ4v) is 3.51. The van der Waals surface area contributed by atoms with Crippen LogP contribution in [0.25, 0.3) is 0 Å². The third kappa shape index (κ3) is 4.47. The Bertz CT molecular complexity index is 554. The molecule has 0 amide bonds. The summed E-state index contributed by atoms with van der Waals surface area (Å²) in [4.78, 5) is 4.36. The van der Waals surface area contributed by atoms with Crippen LogP contribution in [0, 0.1) is 0 Å². The van der Waals surface area contributed by atoms with Gasteiger partial charge >= 0.3 is 0 Å². The molecule has 21 heavy (non-hydrogen) atoms. The zero-order valence-electron chi connectivity index (χ0n) is 12.6. The summed E-state index contributed by atoms with van der Waals surface area (Å²) in [6.07, 6.45) is 2.77. The molecule has 112 valence electrons. The highest BCUT2D eigenvalue weighted by molar-refractivity contribution is 7.99. The lowest BCUT2D eigenvalue weighted by atomic mass is 10.0. The molecule has 2 atom stereocenters. The molecule has 2 aromatic rings. The molecule has 0 fully saturated rings. The van der Waals surface area contributed by atoms with Gasteiger partial charge in [0, 0.05) is 17.5 Å². The molecule has 2 rings (SSSR count). The first-order chi connectivity index (χ1) is 10.1. The minimum Gasteiger partial charge on any atom is -0.312 e. The van der Waals surface area contributed by atoms with Crippen LogP contribution in [0.15, 0.2) is 47.6 Å². The van der Waals surface area contributed by atoms with Crippen LogP contribution < -0.4 is 5.32 Å². The van der Waals surface area contributed by atoms with Crippen LogP contribution in [0.5, 0.6) is 0 Å². The van der Waals surface area contributed by atoms with Gasteiger partial charge in [-0.25, -0.2) is 4.98 Å². The molecule has 1 aromatic heterocycles. The number of aromatic nitrogens is 1. The van der Waals surface area contributed by atoms with Crippen molar-refractivity contribution in [2.75, 3.05) is 7.05 Å². The van der Waals surface area contributed by atoms with E-state index in [2.05, 4.69) is 48.4 Å². The van der Waals surface area contributed by atoms with E-state index in [1.165, 1.54) is 11.1 Å². The van der Waals surface area contributed by atoms with Crippen molar-refractivity contribution in [3.8, 4) is 0 Å². The zero-order chi connectivity index (χ0) is 15.2. The minimum absolute atomic E-state index is 0.290. The molecule has 1 heterocycles. The molecule has 2 unspecified atom stereocenters. The molecule has 1 aromatic carbocycles. The fraction of sp³-hybridized carbons (Fsp3) is 0.353. The molecule has 0 aliphatic heterocycles. The molecule has 0 saturated carbocycles. The maximum atomic E-state index is 5.88. The van der Waals surface area contributed by atoms with Crippen LogP contribution in [-0.2, 0) is 6.42 Å². The van der Waals surface area contributed by atoms with E-state index in [4.69, 9.17) is 11.6 Å². The maximum absolute atomic E-state index is 5.88. The van der Waals surface area contributed by atoms with Crippen molar-refractivity contribution in [3.05, 3.63) is 58.7 Å². The lowest BCUT2D eigenvalue weighted by Crippen LogP contribution is -2.25. The second kappa shape index (κ2) is 7.83. The van der Waals surface area contributed by atoms with Gasteiger partial charge in [0.05, 0.1) is 10.0 Å². The second-order valence-corrected chi connectivity index (χ2v) is 6.83. The van der Waals surface area contributed by atoms with Gasteiger partial charge in [-0.3, -0.25) is 0 Å². The van der Waals surface area contributed by atoms with Crippen molar-refractivity contribution in [1.82, 2.24) is 10.3 Å². The molecule has 0 radical (unpaired) electrons. The summed E-state index contributed by atoms with van der Waals surface area (Å²) >= 11 is 7.64. The van der Waals surface area contributed by atoms with Gasteiger partial charge in [0.2, 0.25) is 0 Å². The van der Waals surface area contributed by atoms with E-state index in [0.717, 1.165) is 11.4 Å². The topological polar surface area (TPSA) is 24.9 Å². The van der Waals surface area contributed by atoms with E-state index in [0.29, 0.717) is 16.3 Å². The third-order valence-electron chi connectivity index (χ3n) is 3.53. The van der Waals surface area contributed by atoms with E-state index < -0.39 is 0 Å². The molecule has 2 nitrogen and oxygen atoms in total. The maximum Gasteiger partial charge on any atom is 0.0964 e. The monoisotopic (exact) mass is 320 g/mol. The Hall–Kier alpha value is -1.03. The van der Waals surface area contributed by atoms with Gasteiger partial charge in [0.25, 0.3) is 0 Å². The molecule has 1 N–H and O–H groups in total. The number of pyridine rings is 1. The van der Waals surface area contributed by atoms with Gasteiger partial charge in [-0.15, -0.1) is 11.8 Å². The highest BCUT2D eigenvalue weighted by Gasteiger charge is 2.19. The second-order valence-electron chi connectivity index (χ2n) is 5.00. The van der Waals surface area contributed by atoms with Gasteiger partial charge in [-0.1, -0.05) is 49.7 Å². The van der Waals surface area contributed by atoms with Gasteiger partial charge in [0.1, 0.15) is 0 Å². The van der Waals surface area contributed by atoms with Crippen LogP contribution in [0.2, 0.25) is 5.02 Å². The van der Waals surface area contributed by atoms with Crippen LogP contribution in [-0.4, -0.2) is 17.3 Å². The Morgan fingerprint density at radius 3 is 2.43 bits per heavy atom. The van der Waals surface area contributed by atoms with Crippen molar-refractivity contribution in [1.29, 1.82) is 0 Å². The molecule has 0 aliphatic rings. The standard InChI is InChI=1S/C17H21ClN2S/c1-4-13-5-7-14(8-6-13)17(19-3)12(2)21-16-10-9-15(18)11-20-16/h5-12,17,19H,4H2,1-3H3. The van der Waals surface area contributed by atoms with Gasteiger partial charge in [-0.05, 0) is 36.7 Å². The molecule has 0 spiro atoms. The van der Waals surface area contributed by atoms with Crippen molar-refractivity contribution < 1.29 is 0 Å². The number of aryl methyl sites for hydroxylation is 1. The van der Waals surface area contributed by atoms with E-state index in [1.54, 1.807) is 18.0 Å². The first-order valence-corrected chi connectivity index (χ1v) is 8.44. The SMILES string of the molecule is CCc1ccc(C(NC)C(C)Sc2ccc(Cl)cn2)cc1. The number of nitrogens with one attached hydrogen (secondary N) is 1. The van der Waals surface area contributed by atoms with Gasteiger partial charge < -0.3 is 5.32 Å². The van der Waals surface area contributed by atoms with Gasteiger partial charge in [-0.2, -0.15) is 0 Å². The smallest absolute Gasteiger partial charge is 0.0964 e. The van der Waals surface area contributed by atoms with Crippen LogP contribution >= 0.6 is 23.4 Å². The molecule has 0 aliphatic carbocycles. The first-order valence-electron chi connectivity index (χ1n) is 7.18. The van der Waals surface area contributed by atoms with E-state index in [-0.39, 0.29) is 0 Å². The van der Waals surface area contributed by atoms with Gasteiger partial charge in [0.15, 0.2) is 0 Å². The minimum atomic E-state index is 0.290. The first kappa shape index (κ1) is 16.3. The van der Waals surface area contributed by atoms with Crippen LogP contribution in [0.4, 0.5) is 0 Å². The average Bonchev–Trinajstić information content (AvgIpc) is 2.51. The van der Waals surface area contributed by atoms with Crippen molar-refractivity contribution in [3.63, 3.8) is 0 Å². The van der Waals surface area contributed by atoms with Crippen LogP contribution in [0.1, 0.15) is 31.0 Å². The number of hydrogen-bond acceptors (Lipinski definition) is 3.